The van der Waals surface area contributed by atoms with Crippen molar-refractivity contribution in [1.82, 2.24) is 21.3 Å². The Morgan fingerprint density at radius 1 is 0.698 bits per heavy atom. The van der Waals surface area contributed by atoms with Crippen LogP contribution in [0.1, 0.15) is 36.8 Å². The molecule has 4 amide bonds. The van der Waals surface area contributed by atoms with Crippen LogP contribution in [0.3, 0.4) is 0 Å². The summed E-state index contributed by atoms with van der Waals surface area (Å²) in [6, 6.07) is 15.4. The van der Waals surface area contributed by atoms with Gasteiger partial charge in [-0.25, -0.2) is 0 Å². The normalized spacial score (nSPS) is 20.0. The predicted molar refractivity (Wildman–Crippen MR) is 203 cm³/mol. The third kappa shape index (κ3) is 12.7. The van der Waals surface area contributed by atoms with Crippen LogP contribution in [0.4, 0.5) is 0 Å². The zero-order valence-electron chi connectivity index (χ0n) is 29.3. The number of fused-ring (bicyclic) bond motifs is 1. The molecule has 0 aliphatic carbocycles. The Bertz CT molecular complexity index is 1840. The highest BCUT2D eigenvalue weighted by Crippen LogP contribution is 2.18. The van der Waals surface area contributed by atoms with Crippen LogP contribution in [-0.4, -0.2) is 90.3 Å². The first-order valence-corrected chi connectivity index (χ1v) is 17.2. The SMILES string of the molecule is NC(N)=NCCC[C@@H]1NC(=O)[C@H](Cc2ccc(O)cc2)NC(=O)CNC(=O)[C@H](Cc2ccc3ccccc3c2)N=C(N)[C@H](CCCN=C(N)N)NC1=O. The van der Waals surface area contributed by atoms with Crippen molar-refractivity contribution < 1.29 is 24.3 Å². The maximum absolute atomic E-state index is 14.0. The van der Waals surface area contributed by atoms with Crippen molar-refractivity contribution in [2.45, 2.75) is 62.7 Å². The van der Waals surface area contributed by atoms with E-state index in [0.717, 1.165) is 16.3 Å². The van der Waals surface area contributed by atoms with Crippen LogP contribution in [0.25, 0.3) is 10.8 Å². The summed E-state index contributed by atoms with van der Waals surface area (Å²) < 4.78 is 0. The minimum atomic E-state index is -1.16. The average molecular weight is 729 g/mol. The van der Waals surface area contributed by atoms with Crippen molar-refractivity contribution in [3.63, 3.8) is 0 Å². The molecule has 0 fully saturated rings. The van der Waals surface area contributed by atoms with Crippen molar-refractivity contribution in [3.05, 3.63) is 77.9 Å². The molecular weight excluding hydrogens is 680 g/mol. The molecule has 0 bridgehead atoms. The van der Waals surface area contributed by atoms with Crippen LogP contribution in [-0.2, 0) is 32.0 Å². The Hall–Kier alpha value is -6.39. The first-order valence-electron chi connectivity index (χ1n) is 17.2. The van der Waals surface area contributed by atoms with Crippen LogP contribution in [0.2, 0.25) is 0 Å². The van der Waals surface area contributed by atoms with Gasteiger partial charge in [0.2, 0.25) is 23.6 Å². The first-order chi connectivity index (χ1) is 25.4. The van der Waals surface area contributed by atoms with E-state index in [1.807, 2.05) is 42.5 Å². The molecule has 15 N–H and O–H groups in total. The monoisotopic (exact) mass is 728 g/mol. The molecule has 53 heavy (non-hydrogen) atoms. The van der Waals surface area contributed by atoms with Crippen LogP contribution < -0.4 is 49.9 Å². The van der Waals surface area contributed by atoms with Crippen LogP contribution in [0, 0.1) is 0 Å². The lowest BCUT2D eigenvalue weighted by Crippen LogP contribution is -2.57. The molecule has 0 aromatic heterocycles. The topological polar surface area (TPSA) is 304 Å². The van der Waals surface area contributed by atoms with Gasteiger partial charge in [0.25, 0.3) is 0 Å². The number of hydrogen-bond acceptors (Lipinski definition) is 9. The van der Waals surface area contributed by atoms with Crippen molar-refractivity contribution in [1.29, 1.82) is 0 Å². The van der Waals surface area contributed by atoms with Gasteiger partial charge in [0.15, 0.2) is 11.9 Å². The molecule has 1 heterocycles. The summed E-state index contributed by atoms with van der Waals surface area (Å²) in [6.07, 6.45) is 1.20. The van der Waals surface area contributed by atoms with E-state index in [9.17, 15) is 24.3 Å². The number of nitrogens with two attached hydrogens (primary N) is 5. The molecule has 3 aromatic carbocycles. The average Bonchev–Trinajstić information content (AvgIpc) is 3.12. The molecular formula is C36H48N12O5. The minimum absolute atomic E-state index is 0.0161. The zero-order chi connectivity index (χ0) is 38.3. The number of hydrogen-bond donors (Lipinski definition) is 10. The molecule has 0 saturated carbocycles. The largest absolute Gasteiger partial charge is 0.508 e. The maximum atomic E-state index is 14.0. The number of nitrogens with zero attached hydrogens (tertiary/aromatic N) is 3. The van der Waals surface area contributed by atoms with Crippen LogP contribution in [0.15, 0.2) is 81.7 Å². The summed E-state index contributed by atoms with van der Waals surface area (Å²) in [5.74, 6) is -2.73. The summed E-state index contributed by atoms with van der Waals surface area (Å²) in [7, 11) is 0. The summed E-state index contributed by atoms with van der Waals surface area (Å²) >= 11 is 0. The van der Waals surface area contributed by atoms with E-state index < -0.39 is 54.3 Å². The fourth-order valence-electron chi connectivity index (χ4n) is 5.78. The van der Waals surface area contributed by atoms with Gasteiger partial charge in [-0.2, -0.15) is 0 Å². The number of rotatable bonds is 12. The Morgan fingerprint density at radius 3 is 1.94 bits per heavy atom. The highest BCUT2D eigenvalue weighted by atomic mass is 16.3. The van der Waals surface area contributed by atoms with Gasteiger partial charge in [-0.15, -0.1) is 0 Å². The van der Waals surface area contributed by atoms with Crippen LogP contribution >= 0.6 is 0 Å². The fourth-order valence-corrected chi connectivity index (χ4v) is 5.78. The molecule has 1 aliphatic rings. The number of aromatic hydroxyl groups is 1. The van der Waals surface area contributed by atoms with Gasteiger partial charge in [0, 0.05) is 25.9 Å². The first kappa shape index (κ1) is 39.4. The number of phenols is 1. The van der Waals surface area contributed by atoms with E-state index in [2.05, 4.69) is 36.2 Å². The molecule has 0 unspecified atom stereocenters. The Kier molecular flexibility index (Phi) is 14.3. The summed E-state index contributed by atoms with van der Waals surface area (Å²) in [4.78, 5) is 67.3. The molecule has 4 atom stereocenters. The summed E-state index contributed by atoms with van der Waals surface area (Å²) in [5, 5.41) is 22.7. The fraction of sp³-hybridized carbons (Fsp3) is 0.361. The molecule has 282 valence electrons. The molecule has 17 nitrogen and oxygen atoms in total. The van der Waals surface area contributed by atoms with Crippen molar-refractivity contribution in [2.24, 2.45) is 43.6 Å². The van der Waals surface area contributed by atoms with Gasteiger partial charge in [-0.05, 0) is 59.7 Å². The summed E-state index contributed by atoms with van der Waals surface area (Å²) in [5.41, 5.74) is 29.9. The van der Waals surface area contributed by atoms with Gasteiger partial charge in [-0.3, -0.25) is 34.2 Å². The second-order valence-corrected chi connectivity index (χ2v) is 12.7. The number of amidine groups is 1. The third-order valence-corrected chi connectivity index (χ3v) is 8.50. The molecule has 0 radical (unpaired) electrons. The lowest BCUT2D eigenvalue weighted by Gasteiger charge is -2.25. The lowest BCUT2D eigenvalue weighted by molar-refractivity contribution is -0.132. The number of benzene rings is 3. The molecule has 0 saturated heterocycles. The Balaban J connectivity index is 1.71. The maximum Gasteiger partial charge on any atom is 0.245 e. The zero-order valence-corrected chi connectivity index (χ0v) is 29.3. The quantitative estimate of drug-likeness (QED) is 0.0600. The highest BCUT2D eigenvalue weighted by molar-refractivity contribution is 5.97. The molecule has 0 spiro atoms. The highest BCUT2D eigenvalue weighted by Gasteiger charge is 2.30. The smallest absolute Gasteiger partial charge is 0.245 e. The second-order valence-electron chi connectivity index (χ2n) is 12.7. The van der Waals surface area contributed by atoms with E-state index >= 15 is 0 Å². The number of carbonyl (C=O) groups is 4. The lowest BCUT2D eigenvalue weighted by atomic mass is 10.0. The van der Waals surface area contributed by atoms with Gasteiger partial charge in [-0.1, -0.05) is 54.6 Å². The standard InChI is InChI=1S/C36H48N12O5/c37-31-26(7-3-15-42-35(38)39)47-33(52)27(8-4-16-43-36(40)41)48-34(53)29(18-21-10-13-25(49)14-11-21)45-30(50)20-44-32(51)28(46-31)19-22-9-12-23-5-1-2-6-24(23)17-22/h1-2,5-6,9-14,17,26-29,49H,3-4,7-8,15-16,18-20H2,(H2,37,46)(H,44,51)(H,45,50)(H,47,52)(H,48,53)(H4,38,39,42)(H4,40,41,43)/t26-,27-,28-,29-/m0/s1. The molecule has 1 aliphatic heterocycles. The molecule has 17 heteroatoms. The second kappa shape index (κ2) is 19.3. The van der Waals surface area contributed by atoms with E-state index in [0.29, 0.717) is 18.4 Å². The summed E-state index contributed by atoms with van der Waals surface area (Å²) in [6.45, 7) is -0.0529. The van der Waals surface area contributed by atoms with E-state index in [1.165, 1.54) is 12.1 Å². The van der Waals surface area contributed by atoms with Gasteiger partial charge in [0.1, 0.15) is 29.7 Å². The number of amides is 4. The van der Waals surface area contributed by atoms with Gasteiger partial charge in [0.05, 0.1) is 12.6 Å². The number of aliphatic imine (C=N–C) groups is 3. The van der Waals surface area contributed by atoms with Gasteiger partial charge < -0.3 is 55.0 Å². The number of guanidine groups is 2. The minimum Gasteiger partial charge on any atom is -0.508 e. The molecule has 4 rings (SSSR count). The number of nitrogens with one attached hydrogen (secondary N) is 4. The van der Waals surface area contributed by atoms with Crippen molar-refractivity contribution in [3.8, 4) is 5.75 Å². The third-order valence-electron chi connectivity index (χ3n) is 8.50. The Labute approximate surface area is 306 Å². The molecule has 3 aromatic rings. The predicted octanol–water partition coefficient (Wildman–Crippen LogP) is -1.25. The van der Waals surface area contributed by atoms with Crippen molar-refractivity contribution >= 4 is 52.2 Å². The Morgan fingerprint density at radius 2 is 1.28 bits per heavy atom. The van der Waals surface area contributed by atoms with E-state index in [4.69, 9.17) is 28.7 Å². The van der Waals surface area contributed by atoms with E-state index in [-0.39, 0.29) is 62.3 Å². The van der Waals surface area contributed by atoms with Gasteiger partial charge >= 0.3 is 0 Å². The van der Waals surface area contributed by atoms with E-state index in [1.54, 1.807) is 12.1 Å². The number of carbonyl (C=O) groups excluding carboxylic acids is 4. The number of phenolic OH excluding ortho intramolecular Hbond substituents is 1. The van der Waals surface area contributed by atoms with Crippen molar-refractivity contribution in [2.75, 3.05) is 19.6 Å². The van der Waals surface area contributed by atoms with Crippen LogP contribution in [0.5, 0.6) is 5.75 Å².